The largest absolute Gasteiger partial charge is 0.387 e. The highest BCUT2D eigenvalue weighted by Crippen LogP contribution is 2.14. The van der Waals surface area contributed by atoms with Crippen molar-refractivity contribution in [3.63, 3.8) is 0 Å². The van der Waals surface area contributed by atoms with Gasteiger partial charge in [-0.15, -0.1) is 12.3 Å². The molecular formula is C11H14N2O3. The lowest BCUT2D eigenvalue weighted by atomic mass is 10.1. The molecule has 0 radical (unpaired) electrons. The maximum atomic E-state index is 11.8. The summed E-state index contributed by atoms with van der Waals surface area (Å²) in [6.07, 6.45) is 4.10. The van der Waals surface area contributed by atoms with Crippen LogP contribution in [0.5, 0.6) is 0 Å². The zero-order valence-corrected chi connectivity index (χ0v) is 9.52. The van der Waals surface area contributed by atoms with Crippen LogP contribution < -0.4 is 11.2 Å². The van der Waals surface area contributed by atoms with E-state index in [-0.39, 0.29) is 12.0 Å². The Morgan fingerprint density at radius 3 is 2.44 bits per heavy atom. The third kappa shape index (κ3) is 1.79. The minimum absolute atomic E-state index is 0.0499. The zero-order chi connectivity index (χ0) is 12.5. The number of terminal acetylenes is 1. The molecule has 1 aromatic heterocycles. The Balaban J connectivity index is 3.60. The molecule has 0 bridgehead atoms. The van der Waals surface area contributed by atoms with E-state index < -0.39 is 17.4 Å². The summed E-state index contributed by atoms with van der Waals surface area (Å²) in [6, 6.07) is 0. The van der Waals surface area contributed by atoms with Crippen LogP contribution in [-0.4, -0.2) is 14.2 Å². The number of hydrogen-bond acceptors (Lipinski definition) is 3. The number of nitrogens with zero attached hydrogens (tertiary/aromatic N) is 2. The summed E-state index contributed by atoms with van der Waals surface area (Å²) >= 11 is 0. The Bertz CT molecular complexity index is 560. The second-order valence-electron chi connectivity index (χ2n) is 3.63. The number of rotatable bonds is 2. The summed E-state index contributed by atoms with van der Waals surface area (Å²) in [5.41, 5.74) is -0.291. The van der Waals surface area contributed by atoms with Gasteiger partial charge in [0.2, 0.25) is 0 Å². The van der Waals surface area contributed by atoms with Gasteiger partial charge in [-0.2, -0.15) is 0 Å². The van der Waals surface area contributed by atoms with Gasteiger partial charge in [-0.25, -0.2) is 4.79 Å². The molecule has 0 aromatic carbocycles. The number of hydrogen-bond donors (Lipinski definition) is 1. The molecule has 0 aliphatic heterocycles. The van der Waals surface area contributed by atoms with Crippen molar-refractivity contribution in [2.75, 3.05) is 0 Å². The molecule has 16 heavy (non-hydrogen) atoms. The molecule has 0 aliphatic carbocycles. The second-order valence-corrected chi connectivity index (χ2v) is 3.63. The molecular weight excluding hydrogens is 208 g/mol. The van der Waals surface area contributed by atoms with Gasteiger partial charge in [0, 0.05) is 26.2 Å². The Kier molecular flexibility index (Phi) is 3.35. The Morgan fingerprint density at radius 2 is 1.94 bits per heavy atom. The van der Waals surface area contributed by atoms with Crippen molar-refractivity contribution in [1.29, 1.82) is 0 Å². The summed E-state index contributed by atoms with van der Waals surface area (Å²) in [6.45, 7) is 1.61. The minimum Gasteiger partial charge on any atom is -0.387 e. The van der Waals surface area contributed by atoms with Crippen LogP contribution in [0.25, 0.3) is 0 Å². The van der Waals surface area contributed by atoms with E-state index in [9.17, 15) is 14.7 Å². The van der Waals surface area contributed by atoms with Crippen molar-refractivity contribution in [2.45, 2.75) is 19.4 Å². The Hall–Kier alpha value is -1.80. The number of aromatic nitrogens is 2. The van der Waals surface area contributed by atoms with Crippen molar-refractivity contribution >= 4 is 0 Å². The van der Waals surface area contributed by atoms with Crippen molar-refractivity contribution in [2.24, 2.45) is 14.1 Å². The van der Waals surface area contributed by atoms with Gasteiger partial charge in [0.25, 0.3) is 5.56 Å². The van der Waals surface area contributed by atoms with Gasteiger partial charge in [-0.05, 0) is 6.92 Å². The van der Waals surface area contributed by atoms with Crippen molar-refractivity contribution < 1.29 is 5.11 Å². The standard InChI is InChI=1S/C11H14N2O3/c1-5-6-8(14)9-7(2)12(3)11(16)13(4)10(9)15/h1,8,14H,6H2,2-4H3. The fraction of sp³-hybridized carbons (Fsp3) is 0.455. The van der Waals surface area contributed by atoms with Gasteiger partial charge < -0.3 is 9.67 Å². The fourth-order valence-electron chi connectivity index (χ4n) is 1.57. The predicted octanol–water partition coefficient (Wildman–Crippen LogP) is -0.551. The highest BCUT2D eigenvalue weighted by molar-refractivity contribution is 5.20. The van der Waals surface area contributed by atoms with Gasteiger partial charge in [-0.1, -0.05) is 0 Å². The van der Waals surface area contributed by atoms with Crippen molar-refractivity contribution in [3.05, 3.63) is 32.1 Å². The van der Waals surface area contributed by atoms with Crippen LogP contribution in [0.1, 0.15) is 23.8 Å². The molecule has 1 unspecified atom stereocenters. The molecule has 0 spiro atoms. The van der Waals surface area contributed by atoms with Gasteiger partial charge in [0.05, 0.1) is 11.7 Å². The first-order valence-electron chi connectivity index (χ1n) is 4.79. The second kappa shape index (κ2) is 4.37. The maximum Gasteiger partial charge on any atom is 0.330 e. The van der Waals surface area contributed by atoms with Gasteiger partial charge >= 0.3 is 5.69 Å². The van der Waals surface area contributed by atoms with E-state index in [1.165, 1.54) is 11.6 Å². The van der Waals surface area contributed by atoms with E-state index in [0.717, 1.165) is 4.57 Å². The van der Waals surface area contributed by atoms with Crippen molar-refractivity contribution in [1.82, 2.24) is 9.13 Å². The lowest BCUT2D eigenvalue weighted by Gasteiger charge is -2.14. The topological polar surface area (TPSA) is 64.2 Å². The molecule has 0 saturated carbocycles. The van der Waals surface area contributed by atoms with E-state index in [0.29, 0.717) is 5.69 Å². The molecule has 1 N–H and O–H groups in total. The lowest BCUT2D eigenvalue weighted by molar-refractivity contribution is 0.179. The molecule has 0 saturated heterocycles. The molecule has 1 atom stereocenters. The summed E-state index contributed by atoms with van der Waals surface area (Å²) in [5.74, 6) is 2.29. The Labute approximate surface area is 93.0 Å². The van der Waals surface area contributed by atoms with E-state index in [1.807, 2.05) is 0 Å². The maximum absolute atomic E-state index is 11.8. The molecule has 86 valence electrons. The molecule has 1 heterocycles. The summed E-state index contributed by atoms with van der Waals surface area (Å²) < 4.78 is 2.28. The van der Waals surface area contributed by atoms with Crippen LogP contribution in [0.4, 0.5) is 0 Å². The van der Waals surface area contributed by atoms with E-state index in [4.69, 9.17) is 6.42 Å². The molecule has 1 aromatic rings. The molecule has 0 aliphatic rings. The fourth-order valence-corrected chi connectivity index (χ4v) is 1.57. The third-order valence-electron chi connectivity index (χ3n) is 2.65. The van der Waals surface area contributed by atoms with E-state index in [1.54, 1.807) is 14.0 Å². The number of aliphatic hydroxyl groups excluding tert-OH is 1. The van der Waals surface area contributed by atoms with Crippen LogP contribution in [0.2, 0.25) is 0 Å². The molecule has 1 rings (SSSR count). The smallest absolute Gasteiger partial charge is 0.330 e. The minimum atomic E-state index is -1.03. The average Bonchev–Trinajstić information content (AvgIpc) is 2.24. The van der Waals surface area contributed by atoms with E-state index >= 15 is 0 Å². The van der Waals surface area contributed by atoms with Crippen LogP contribution in [0.15, 0.2) is 9.59 Å². The van der Waals surface area contributed by atoms with Crippen LogP contribution >= 0.6 is 0 Å². The lowest BCUT2D eigenvalue weighted by Crippen LogP contribution is -2.41. The molecule has 5 nitrogen and oxygen atoms in total. The first-order valence-corrected chi connectivity index (χ1v) is 4.79. The summed E-state index contributed by atoms with van der Waals surface area (Å²) in [7, 11) is 2.92. The van der Waals surface area contributed by atoms with Gasteiger partial charge in [0.1, 0.15) is 0 Å². The highest BCUT2D eigenvalue weighted by Gasteiger charge is 2.18. The summed E-state index contributed by atoms with van der Waals surface area (Å²) in [4.78, 5) is 23.3. The first kappa shape index (κ1) is 12.3. The zero-order valence-electron chi connectivity index (χ0n) is 9.52. The monoisotopic (exact) mass is 222 g/mol. The molecule has 5 heteroatoms. The number of aliphatic hydroxyl groups is 1. The average molecular weight is 222 g/mol. The normalized spacial score (nSPS) is 12.2. The van der Waals surface area contributed by atoms with Crippen molar-refractivity contribution in [3.8, 4) is 12.3 Å². The highest BCUT2D eigenvalue weighted by atomic mass is 16.3. The summed E-state index contributed by atoms with van der Waals surface area (Å²) in [5, 5.41) is 9.75. The van der Waals surface area contributed by atoms with Crippen LogP contribution in [-0.2, 0) is 14.1 Å². The predicted molar refractivity (Wildman–Crippen MR) is 60.1 cm³/mol. The first-order chi connectivity index (χ1) is 7.41. The van der Waals surface area contributed by atoms with Crippen LogP contribution in [0, 0.1) is 19.3 Å². The quantitative estimate of drug-likeness (QED) is 0.683. The molecule has 0 amide bonds. The molecule has 0 fully saturated rings. The Morgan fingerprint density at radius 1 is 1.38 bits per heavy atom. The SMILES string of the molecule is C#CCC(O)c1c(C)n(C)c(=O)n(C)c1=O. The van der Waals surface area contributed by atoms with E-state index in [2.05, 4.69) is 5.92 Å². The van der Waals surface area contributed by atoms with Gasteiger partial charge in [-0.3, -0.25) is 9.36 Å². The third-order valence-corrected chi connectivity index (χ3v) is 2.65. The van der Waals surface area contributed by atoms with Crippen LogP contribution in [0.3, 0.4) is 0 Å². The van der Waals surface area contributed by atoms with Gasteiger partial charge in [0.15, 0.2) is 0 Å².